The Kier molecular flexibility index (Phi) is 7.22. The Labute approximate surface area is 192 Å². The largest absolute Gasteiger partial charge is 0.495 e. The molecule has 1 N–H and O–H groups in total. The van der Waals surface area contributed by atoms with E-state index >= 15 is 0 Å². The number of aromatic nitrogens is 1. The second-order valence-electron chi connectivity index (χ2n) is 7.78. The lowest BCUT2D eigenvalue weighted by molar-refractivity contribution is 0.0935. The van der Waals surface area contributed by atoms with Gasteiger partial charge in [0.15, 0.2) is 0 Å². The number of carbonyl (C=O) groups is 1. The van der Waals surface area contributed by atoms with Crippen LogP contribution in [0.3, 0.4) is 0 Å². The van der Waals surface area contributed by atoms with Gasteiger partial charge in [0.05, 0.1) is 12.1 Å². The van der Waals surface area contributed by atoms with Gasteiger partial charge in [0.1, 0.15) is 10.8 Å². The van der Waals surface area contributed by atoms with Gasteiger partial charge in [-0.3, -0.25) is 9.69 Å². The van der Waals surface area contributed by atoms with Crippen molar-refractivity contribution in [3.05, 3.63) is 70.2 Å². The molecule has 0 atom stereocenters. The third-order valence-electron chi connectivity index (χ3n) is 5.63. The van der Waals surface area contributed by atoms with Gasteiger partial charge < -0.3 is 10.1 Å². The first-order valence-corrected chi connectivity index (χ1v) is 11.7. The zero-order valence-electron chi connectivity index (χ0n) is 17.5. The molecule has 0 spiro atoms. The molecule has 2 heterocycles. The Morgan fingerprint density at radius 1 is 1.23 bits per heavy atom. The molecule has 1 aliphatic rings. The number of halogens is 1. The third-order valence-corrected chi connectivity index (χ3v) is 6.97. The van der Waals surface area contributed by atoms with Crippen LogP contribution in [-0.2, 0) is 6.54 Å². The molecule has 0 bridgehead atoms. The molecule has 7 heteroatoms. The highest BCUT2D eigenvalue weighted by Gasteiger charge is 2.21. The Balaban J connectivity index is 1.23. The molecule has 4 rings (SSSR count). The number of benzene rings is 2. The number of methoxy groups -OCH3 is 1. The van der Waals surface area contributed by atoms with Crippen LogP contribution in [-0.4, -0.2) is 42.5 Å². The Morgan fingerprint density at radius 2 is 2.00 bits per heavy atom. The molecule has 1 amide bonds. The van der Waals surface area contributed by atoms with Gasteiger partial charge in [0.2, 0.25) is 0 Å². The van der Waals surface area contributed by atoms with Crippen molar-refractivity contribution in [2.45, 2.75) is 19.4 Å². The monoisotopic (exact) mass is 455 g/mol. The number of likely N-dealkylation sites (tertiary alicyclic amines) is 1. The molecule has 1 saturated heterocycles. The lowest BCUT2D eigenvalue weighted by atomic mass is 9.96. The van der Waals surface area contributed by atoms with Crippen LogP contribution in [0.15, 0.2) is 54.7 Å². The summed E-state index contributed by atoms with van der Waals surface area (Å²) in [4.78, 5) is 20.8. The predicted molar refractivity (Wildman–Crippen MR) is 126 cm³/mol. The summed E-state index contributed by atoms with van der Waals surface area (Å²) in [6.45, 7) is 3.70. The van der Waals surface area contributed by atoms with Crippen molar-refractivity contribution in [2.75, 3.05) is 26.7 Å². The van der Waals surface area contributed by atoms with Gasteiger partial charge in [0.25, 0.3) is 5.91 Å². The van der Waals surface area contributed by atoms with E-state index in [-0.39, 0.29) is 5.91 Å². The van der Waals surface area contributed by atoms with Crippen LogP contribution < -0.4 is 10.1 Å². The van der Waals surface area contributed by atoms with Crippen LogP contribution in [0.1, 0.15) is 28.1 Å². The summed E-state index contributed by atoms with van der Waals surface area (Å²) in [6, 6.07) is 15.4. The van der Waals surface area contributed by atoms with E-state index in [9.17, 15) is 4.79 Å². The van der Waals surface area contributed by atoms with Gasteiger partial charge in [-0.25, -0.2) is 4.98 Å². The molecule has 31 heavy (non-hydrogen) atoms. The molecule has 2 aromatic carbocycles. The fourth-order valence-electron chi connectivity index (χ4n) is 3.80. The molecular weight excluding hydrogens is 430 g/mol. The van der Waals surface area contributed by atoms with E-state index in [1.807, 2.05) is 24.4 Å². The second-order valence-corrected chi connectivity index (χ2v) is 9.30. The fourth-order valence-corrected chi connectivity index (χ4v) is 4.96. The lowest BCUT2D eigenvalue weighted by Gasteiger charge is -2.31. The first kappa shape index (κ1) is 21.8. The van der Waals surface area contributed by atoms with Gasteiger partial charge in [0, 0.05) is 35.3 Å². The van der Waals surface area contributed by atoms with Crippen LogP contribution in [0.4, 0.5) is 0 Å². The summed E-state index contributed by atoms with van der Waals surface area (Å²) in [5.41, 5.74) is 1.74. The zero-order chi connectivity index (χ0) is 21.6. The van der Waals surface area contributed by atoms with E-state index in [1.54, 1.807) is 36.6 Å². The van der Waals surface area contributed by atoms with Crippen LogP contribution in [0.25, 0.3) is 10.6 Å². The normalized spacial score (nSPS) is 15.0. The van der Waals surface area contributed by atoms with Crippen molar-refractivity contribution in [3.8, 4) is 16.3 Å². The number of thiazole rings is 1. The van der Waals surface area contributed by atoms with E-state index in [0.717, 1.165) is 37.5 Å². The van der Waals surface area contributed by atoms with Gasteiger partial charge >= 0.3 is 0 Å². The number of hydrogen-bond acceptors (Lipinski definition) is 5. The van der Waals surface area contributed by atoms with Crippen LogP contribution in [0, 0.1) is 5.92 Å². The molecule has 1 fully saturated rings. The van der Waals surface area contributed by atoms with Gasteiger partial charge in [-0.05, 0) is 50.0 Å². The molecule has 1 aromatic heterocycles. The average molecular weight is 456 g/mol. The first-order chi connectivity index (χ1) is 15.1. The third kappa shape index (κ3) is 5.64. The maximum atomic E-state index is 12.5. The number of carbonyl (C=O) groups excluding carboxylic acids is 1. The van der Waals surface area contributed by atoms with E-state index < -0.39 is 0 Å². The molecule has 0 aliphatic carbocycles. The average Bonchev–Trinajstić information content (AvgIpc) is 3.28. The minimum atomic E-state index is -0.0875. The number of nitrogens with one attached hydrogen (secondary N) is 1. The van der Waals surface area contributed by atoms with E-state index in [2.05, 4.69) is 27.3 Å². The number of piperidine rings is 1. The first-order valence-electron chi connectivity index (χ1n) is 10.5. The molecule has 1 aliphatic heterocycles. The Hall–Kier alpha value is -2.41. The van der Waals surface area contributed by atoms with Gasteiger partial charge in [-0.15, -0.1) is 11.3 Å². The van der Waals surface area contributed by atoms with Crippen molar-refractivity contribution in [1.29, 1.82) is 0 Å². The molecule has 0 unspecified atom stereocenters. The number of nitrogens with zero attached hydrogens (tertiary/aromatic N) is 2. The number of rotatable bonds is 7. The summed E-state index contributed by atoms with van der Waals surface area (Å²) in [5, 5.41) is 4.64. The molecule has 3 aromatic rings. The Morgan fingerprint density at radius 3 is 2.74 bits per heavy atom. The molecule has 0 radical (unpaired) electrons. The quantitative estimate of drug-likeness (QED) is 0.537. The maximum absolute atomic E-state index is 12.5. The van der Waals surface area contributed by atoms with E-state index in [0.29, 0.717) is 28.8 Å². The summed E-state index contributed by atoms with van der Waals surface area (Å²) < 4.78 is 5.20. The number of hydrogen-bond donors (Lipinski definition) is 1. The number of ether oxygens (including phenoxy) is 1. The lowest BCUT2D eigenvalue weighted by Crippen LogP contribution is -2.38. The van der Waals surface area contributed by atoms with E-state index in [4.69, 9.17) is 16.3 Å². The predicted octanol–water partition coefficient (Wildman–Crippen LogP) is 5.11. The smallest absolute Gasteiger partial charge is 0.251 e. The van der Waals surface area contributed by atoms with E-state index in [1.165, 1.54) is 10.4 Å². The standard InChI is InChI=1S/C24H26ClN3O2S/c1-30-22-13-19(7-8-21(22)25)23(29)26-14-17-9-11-28(12-10-17)16-20-15-27-24(31-20)18-5-3-2-4-6-18/h2-8,13,15,17H,9-12,14,16H2,1H3,(H,26,29). The molecular formula is C24H26ClN3O2S. The van der Waals surface area contributed by atoms with Crippen LogP contribution in [0.5, 0.6) is 5.75 Å². The van der Waals surface area contributed by atoms with Crippen molar-refractivity contribution in [2.24, 2.45) is 5.92 Å². The Bertz CT molecular complexity index is 1020. The fraction of sp³-hybridized carbons (Fsp3) is 0.333. The van der Waals surface area contributed by atoms with Crippen molar-refractivity contribution >= 4 is 28.8 Å². The summed E-state index contributed by atoms with van der Waals surface area (Å²) in [5.74, 6) is 0.923. The van der Waals surface area contributed by atoms with Gasteiger partial charge in [-0.2, -0.15) is 0 Å². The highest BCUT2D eigenvalue weighted by molar-refractivity contribution is 7.15. The van der Waals surface area contributed by atoms with Crippen molar-refractivity contribution in [1.82, 2.24) is 15.2 Å². The van der Waals surface area contributed by atoms with Crippen molar-refractivity contribution < 1.29 is 9.53 Å². The highest BCUT2D eigenvalue weighted by Crippen LogP contribution is 2.27. The number of amides is 1. The summed E-state index contributed by atoms with van der Waals surface area (Å²) in [7, 11) is 1.55. The van der Waals surface area contributed by atoms with Gasteiger partial charge in [-0.1, -0.05) is 41.9 Å². The highest BCUT2D eigenvalue weighted by atomic mass is 35.5. The molecule has 5 nitrogen and oxygen atoms in total. The maximum Gasteiger partial charge on any atom is 0.251 e. The minimum Gasteiger partial charge on any atom is -0.495 e. The SMILES string of the molecule is COc1cc(C(=O)NCC2CCN(Cc3cnc(-c4ccccc4)s3)CC2)ccc1Cl. The summed E-state index contributed by atoms with van der Waals surface area (Å²) in [6.07, 6.45) is 4.16. The topological polar surface area (TPSA) is 54.5 Å². The minimum absolute atomic E-state index is 0.0875. The second kappa shape index (κ2) is 10.3. The van der Waals surface area contributed by atoms with Crippen LogP contribution in [0.2, 0.25) is 5.02 Å². The zero-order valence-corrected chi connectivity index (χ0v) is 19.1. The molecule has 0 saturated carbocycles. The molecule has 162 valence electrons. The summed E-state index contributed by atoms with van der Waals surface area (Å²) >= 11 is 7.81. The van der Waals surface area contributed by atoms with Crippen LogP contribution >= 0.6 is 22.9 Å². The van der Waals surface area contributed by atoms with Crippen molar-refractivity contribution in [3.63, 3.8) is 0 Å².